The summed E-state index contributed by atoms with van der Waals surface area (Å²) in [5.74, 6) is -1.28. The quantitative estimate of drug-likeness (QED) is 0.581. The predicted molar refractivity (Wildman–Crippen MR) is 87.3 cm³/mol. The number of carbonyl (C=O) groups excluding carboxylic acids is 3. The number of nitrogens with one attached hydrogen (secondary N) is 4. The first-order chi connectivity index (χ1) is 11.0. The number of aromatic amines is 1. The first-order valence-electron chi connectivity index (χ1n) is 6.78. The SMILES string of the molecule is O=C(Cc1ccccc1)NCC(=O)NNC(=O)c1cc(Br)c[nH]1. The van der Waals surface area contributed by atoms with Gasteiger partial charge in [0.15, 0.2) is 0 Å². The molecule has 0 bridgehead atoms. The number of rotatable bonds is 5. The minimum atomic E-state index is -0.523. The summed E-state index contributed by atoms with van der Waals surface area (Å²) >= 11 is 3.20. The highest BCUT2D eigenvalue weighted by atomic mass is 79.9. The number of aromatic nitrogens is 1. The van der Waals surface area contributed by atoms with E-state index in [1.54, 1.807) is 12.3 Å². The van der Waals surface area contributed by atoms with Gasteiger partial charge in [-0.15, -0.1) is 0 Å². The Labute approximate surface area is 140 Å². The third kappa shape index (κ3) is 5.59. The van der Waals surface area contributed by atoms with E-state index in [9.17, 15) is 14.4 Å². The number of hydrogen-bond donors (Lipinski definition) is 4. The highest BCUT2D eigenvalue weighted by Gasteiger charge is 2.10. The lowest BCUT2D eigenvalue weighted by atomic mass is 10.1. The van der Waals surface area contributed by atoms with Gasteiger partial charge in [0.1, 0.15) is 5.69 Å². The van der Waals surface area contributed by atoms with Crippen LogP contribution in [0.15, 0.2) is 47.1 Å². The van der Waals surface area contributed by atoms with E-state index >= 15 is 0 Å². The molecule has 7 nitrogen and oxygen atoms in total. The second-order valence-corrected chi connectivity index (χ2v) is 5.59. The van der Waals surface area contributed by atoms with Crippen molar-refractivity contribution in [2.75, 3.05) is 6.54 Å². The average Bonchev–Trinajstić information content (AvgIpc) is 2.98. The molecule has 23 heavy (non-hydrogen) atoms. The van der Waals surface area contributed by atoms with Gasteiger partial charge in [0.2, 0.25) is 5.91 Å². The Morgan fingerprint density at radius 2 is 1.78 bits per heavy atom. The minimum absolute atomic E-state index is 0.191. The summed E-state index contributed by atoms with van der Waals surface area (Å²) in [6.07, 6.45) is 1.79. The van der Waals surface area contributed by atoms with E-state index in [0.29, 0.717) is 5.69 Å². The van der Waals surface area contributed by atoms with Crippen LogP contribution in [0.5, 0.6) is 0 Å². The van der Waals surface area contributed by atoms with Crippen LogP contribution in [0.1, 0.15) is 16.1 Å². The summed E-state index contributed by atoms with van der Waals surface area (Å²) in [5.41, 5.74) is 5.62. The number of benzene rings is 1. The van der Waals surface area contributed by atoms with E-state index in [2.05, 4.69) is 37.1 Å². The van der Waals surface area contributed by atoms with E-state index in [1.807, 2.05) is 30.3 Å². The lowest BCUT2D eigenvalue weighted by Crippen LogP contribution is -2.46. The summed E-state index contributed by atoms with van der Waals surface area (Å²) in [6, 6.07) is 10.8. The summed E-state index contributed by atoms with van der Waals surface area (Å²) in [5, 5.41) is 2.48. The molecule has 0 saturated carbocycles. The van der Waals surface area contributed by atoms with Crippen molar-refractivity contribution in [2.45, 2.75) is 6.42 Å². The number of carbonyl (C=O) groups is 3. The van der Waals surface area contributed by atoms with Gasteiger partial charge in [-0.2, -0.15) is 0 Å². The molecule has 1 aromatic heterocycles. The summed E-state index contributed by atoms with van der Waals surface area (Å²) in [4.78, 5) is 37.7. The number of halogens is 1. The van der Waals surface area contributed by atoms with Crippen molar-refractivity contribution in [1.82, 2.24) is 21.2 Å². The van der Waals surface area contributed by atoms with Crippen LogP contribution < -0.4 is 16.2 Å². The second kappa shape index (κ2) is 8.14. The smallest absolute Gasteiger partial charge is 0.286 e. The van der Waals surface area contributed by atoms with Gasteiger partial charge >= 0.3 is 0 Å². The molecule has 0 spiro atoms. The first-order valence-corrected chi connectivity index (χ1v) is 7.57. The molecule has 0 saturated heterocycles. The number of amides is 3. The molecule has 1 heterocycles. The molecule has 1 aromatic carbocycles. The Kier molecular flexibility index (Phi) is 5.93. The lowest BCUT2D eigenvalue weighted by molar-refractivity contribution is -0.126. The molecule has 3 amide bonds. The fourth-order valence-electron chi connectivity index (χ4n) is 1.76. The zero-order chi connectivity index (χ0) is 16.7. The zero-order valence-corrected chi connectivity index (χ0v) is 13.6. The summed E-state index contributed by atoms with van der Waals surface area (Å²) < 4.78 is 0.724. The highest BCUT2D eigenvalue weighted by Crippen LogP contribution is 2.09. The van der Waals surface area contributed by atoms with Gasteiger partial charge in [0.05, 0.1) is 13.0 Å². The first kappa shape index (κ1) is 16.8. The fraction of sp³-hybridized carbons (Fsp3) is 0.133. The van der Waals surface area contributed by atoms with Crippen LogP contribution in [0.3, 0.4) is 0 Å². The van der Waals surface area contributed by atoms with Crippen molar-refractivity contribution in [3.8, 4) is 0 Å². The molecule has 0 fully saturated rings. The Hall–Kier alpha value is -2.61. The molecule has 4 N–H and O–H groups in total. The molecule has 0 radical (unpaired) electrons. The van der Waals surface area contributed by atoms with Crippen molar-refractivity contribution >= 4 is 33.7 Å². The minimum Gasteiger partial charge on any atom is -0.356 e. The van der Waals surface area contributed by atoms with Crippen LogP contribution in [-0.4, -0.2) is 29.3 Å². The normalized spacial score (nSPS) is 9.96. The third-order valence-corrected chi connectivity index (χ3v) is 3.32. The van der Waals surface area contributed by atoms with Gasteiger partial charge < -0.3 is 10.3 Å². The molecule has 0 aliphatic carbocycles. The van der Waals surface area contributed by atoms with Crippen molar-refractivity contribution in [2.24, 2.45) is 0 Å². The molecule has 8 heteroatoms. The Balaban J connectivity index is 1.68. The molecule has 120 valence electrons. The highest BCUT2D eigenvalue weighted by molar-refractivity contribution is 9.10. The van der Waals surface area contributed by atoms with E-state index in [-0.39, 0.29) is 18.9 Å². The van der Waals surface area contributed by atoms with Crippen LogP contribution in [0, 0.1) is 0 Å². The van der Waals surface area contributed by atoms with Crippen LogP contribution in [0.25, 0.3) is 0 Å². The number of hydrazine groups is 1. The van der Waals surface area contributed by atoms with Crippen LogP contribution >= 0.6 is 15.9 Å². The maximum Gasteiger partial charge on any atom is 0.286 e. The van der Waals surface area contributed by atoms with Gasteiger partial charge in [-0.05, 0) is 27.6 Å². The average molecular weight is 379 g/mol. The molecule has 0 aliphatic heterocycles. The molecule has 2 rings (SSSR count). The maximum absolute atomic E-state index is 11.7. The summed E-state index contributed by atoms with van der Waals surface area (Å²) in [6.45, 7) is -0.222. The molecular weight excluding hydrogens is 364 g/mol. The molecule has 0 atom stereocenters. The van der Waals surface area contributed by atoms with Crippen molar-refractivity contribution < 1.29 is 14.4 Å². The van der Waals surface area contributed by atoms with E-state index in [0.717, 1.165) is 10.0 Å². The molecule has 0 unspecified atom stereocenters. The standard InChI is InChI=1S/C15H15BrN4O3/c16-11-7-12(17-8-11)15(23)20-19-14(22)9-18-13(21)6-10-4-2-1-3-5-10/h1-5,7-8,17H,6,9H2,(H,18,21)(H,19,22)(H,20,23). The van der Waals surface area contributed by atoms with Crippen LogP contribution in [0.4, 0.5) is 0 Å². The van der Waals surface area contributed by atoms with Crippen molar-refractivity contribution in [1.29, 1.82) is 0 Å². The van der Waals surface area contributed by atoms with E-state index in [1.165, 1.54) is 0 Å². The maximum atomic E-state index is 11.7. The Morgan fingerprint density at radius 3 is 2.43 bits per heavy atom. The molecule has 0 aliphatic rings. The van der Waals surface area contributed by atoms with Gasteiger partial charge in [0.25, 0.3) is 11.8 Å². The number of H-pyrrole nitrogens is 1. The van der Waals surface area contributed by atoms with Crippen molar-refractivity contribution in [3.63, 3.8) is 0 Å². The molecular formula is C15H15BrN4O3. The third-order valence-electron chi connectivity index (χ3n) is 2.86. The van der Waals surface area contributed by atoms with Gasteiger partial charge in [0, 0.05) is 10.7 Å². The van der Waals surface area contributed by atoms with Gasteiger partial charge in [-0.3, -0.25) is 25.2 Å². The van der Waals surface area contributed by atoms with E-state index in [4.69, 9.17) is 0 Å². The Morgan fingerprint density at radius 1 is 1.04 bits per heavy atom. The van der Waals surface area contributed by atoms with E-state index < -0.39 is 11.8 Å². The second-order valence-electron chi connectivity index (χ2n) is 4.67. The van der Waals surface area contributed by atoms with Crippen LogP contribution in [-0.2, 0) is 16.0 Å². The number of hydrogen-bond acceptors (Lipinski definition) is 3. The zero-order valence-electron chi connectivity index (χ0n) is 12.1. The largest absolute Gasteiger partial charge is 0.356 e. The monoisotopic (exact) mass is 378 g/mol. The lowest BCUT2D eigenvalue weighted by Gasteiger charge is -2.08. The topological polar surface area (TPSA) is 103 Å². The van der Waals surface area contributed by atoms with Gasteiger partial charge in [-0.1, -0.05) is 30.3 Å². The summed E-state index contributed by atoms with van der Waals surface area (Å²) in [7, 11) is 0. The molecule has 2 aromatic rings. The van der Waals surface area contributed by atoms with Gasteiger partial charge in [-0.25, -0.2) is 0 Å². The van der Waals surface area contributed by atoms with Crippen LogP contribution in [0.2, 0.25) is 0 Å². The Bertz CT molecular complexity index is 700. The predicted octanol–water partition coefficient (Wildman–Crippen LogP) is 0.897. The van der Waals surface area contributed by atoms with Crippen molar-refractivity contribution in [3.05, 3.63) is 58.3 Å². The fourth-order valence-corrected chi connectivity index (χ4v) is 2.10.